The van der Waals surface area contributed by atoms with Gasteiger partial charge in [0.05, 0.1) is 6.10 Å². The van der Waals surface area contributed by atoms with Crippen molar-refractivity contribution in [3.63, 3.8) is 0 Å². The SMILES string of the molecule is CCOC1C2CCC1N(Cc1ccsc1)C2. The molecular weight excluding hydrogens is 218 g/mol. The third kappa shape index (κ3) is 1.81. The molecule has 0 N–H and O–H groups in total. The molecule has 16 heavy (non-hydrogen) atoms. The second kappa shape index (κ2) is 4.47. The molecule has 1 aliphatic heterocycles. The Kier molecular flexibility index (Phi) is 3.01. The second-order valence-electron chi connectivity index (χ2n) is 4.89. The van der Waals surface area contributed by atoms with E-state index in [1.54, 1.807) is 11.3 Å². The highest BCUT2D eigenvalue weighted by Gasteiger charge is 2.47. The predicted octanol–water partition coefficient (Wildman–Crippen LogP) is 2.75. The van der Waals surface area contributed by atoms with Crippen molar-refractivity contribution in [2.24, 2.45) is 5.92 Å². The number of piperidine rings is 1. The Morgan fingerprint density at radius 1 is 1.50 bits per heavy atom. The van der Waals surface area contributed by atoms with Crippen LogP contribution >= 0.6 is 11.3 Å². The molecule has 0 amide bonds. The van der Waals surface area contributed by atoms with Gasteiger partial charge in [0.15, 0.2) is 0 Å². The Hall–Kier alpha value is -0.380. The van der Waals surface area contributed by atoms with E-state index in [1.165, 1.54) is 24.9 Å². The van der Waals surface area contributed by atoms with Gasteiger partial charge < -0.3 is 4.74 Å². The van der Waals surface area contributed by atoms with Crippen molar-refractivity contribution in [1.82, 2.24) is 4.90 Å². The quantitative estimate of drug-likeness (QED) is 0.798. The lowest BCUT2D eigenvalue weighted by Gasteiger charge is -2.26. The minimum Gasteiger partial charge on any atom is -0.377 e. The number of likely N-dealkylation sites (tertiary alicyclic amines) is 1. The van der Waals surface area contributed by atoms with Gasteiger partial charge in [-0.15, -0.1) is 0 Å². The molecule has 2 heterocycles. The maximum absolute atomic E-state index is 5.90. The molecule has 3 heteroatoms. The number of hydrogen-bond donors (Lipinski definition) is 0. The molecule has 1 aromatic heterocycles. The van der Waals surface area contributed by atoms with Gasteiger partial charge in [0.1, 0.15) is 0 Å². The van der Waals surface area contributed by atoms with Crippen LogP contribution < -0.4 is 0 Å². The van der Waals surface area contributed by atoms with Gasteiger partial charge in [-0.25, -0.2) is 0 Å². The molecule has 3 rings (SSSR count). The predicted molar refractivity (Wildman–Crippen MR) is 66.7 cm³/mol. The van der Waals surface area contributed by atoms with Crippen LogP contribution in [0.1, 0.15) is 25.3 Å². The fraction of sp³-hybridized carbons (Fsp3) is 0.692. The summed E-state index contributed by atoms with van der Waals surface area (Å²) in [6, 6.07) is 2.93. The average Bonchev–Trinajstić information content (AvgIpc) is 2.97. The number of thiophene rings is 1. The maximum atomic E-state index is 5.90. The molecule has 1 aromatic rings. The summed E-state index contributed by atoms with van der Waals surface area (Å²) >= 11 is 1.80. The van der Waals surface area contributed by atoms with E-state index in [-0.39, 0.29) is 0 Å². The van der Waals surface area contributed by atoms with Crippen LogP contribution in [0.5, 0.6) is 0 Å². The van der Waals surface area contributed by atoms with Crippen molar-refractivity contribution in [1.29, 1.82) is 0 Å². The van der Waals surface area contributed by atoms with Crippen LogP contribution in [0.25, 0.3) is 0 Å². The van der Waals surface area contributed by atoms with Crippen LogP contribution in [0.4, 0.5) is 0 Å². The monoisotopic (exact) mass is 237 g/mol. The number of nitrogens with zero attached hydrogens (tertiary/aromatic N) is 1. The second-order valence-corrected chi connectivity index (χ2v) is 5.67. The van der Waals surface area contributed by atoms with Gasteiger partial charge >= 0.3 is 0 Å². The lowest BCUT2D eigenvalue weighted by atomic mass is 10.1. The van der Waals surface area contributed by atoms with Crippen molar-refractivity contribution in [3.05, 3.63) is 22.4 Å². The first-order valence-corrected chi connectivity index (χ1v) is 7.19. The first-order valence-electron chi connectivity index (χ1n) is 6.25. The fourth-order valence-electron chi connectivity index (χ4n) is 3.29. The summed E-state index contributed by atoms with van der Waals surface area (Å²) in [6.45, 7) is 5.34. The van der Waals surface area contributed by atoms with Gasteiger partial charge in [-0.1, -0.05) is 0 Å². The third-order valence-corrected chi connectivity index (χ3v) is 4.67. The van der Waals surface area contributed by atoms with Crippen LogP contribution in [0.2, 0.25) is 0 Å². The number of rotatable bonds is 4. The molecule has 3 unspecified atom stereocenters. The van der Waals surface area contributed by atoms with E-state index < -0.39 is 0 Å². The molecule has 1 saturated heterocycles. The van der Waals surface area contributed by atoms with Crippen molar-refractivity contribution < 1.29 is 4.74 Å². The van der Waals surface area contributed by atoms with Gasteiger partial charge in [-0.05, 0) is 48.1 Å². The summed E-state index contributed by atoms with van der Waals surface area (Å²) in [5.74, 6) is 0.795. The van der Waals surface area contributed by atoms with E-state index >= 15 is 0 Å². The molecule has 0 spiro atoms. The lowest BCUT2D eigenvalue weighted by Crippen LogP contribution is -2.34. The first-order chi connectivity index (χ1) is 7.88. The molecule has 0 aromatic carbocycles. The van der Waals surface area contributed by atoms with Crippen molar-refractivity contribution >= 4 is 11.3 Å². The van der Waals surface area contributed by atoms with Gasteiger partial charge in [0.2, 0.25) is 0 Å². The van der Waals surface area contributed by atoms with Gasteiger partial charge in [0, 0.05) is 25.7 Å². The molecule has 88 valence electrons. The highest BCUT2D eigenvalue weighted by atomic mass is 32.1. The summed E-state index contributed by atoms with van der Waals surface area (Å²) in [5.41, 5.74) is 1.47. The topological polar surface area (TPSA) is 12.5 Å². The molecular formula is C13H19NOS. The molecule has 1 saturated carbocycles. The number of fused-ring (bicyclic) bond motifs is 2. The van der Waals surface area contributed by atoms with E-state index in [4.69, 9.17) is 4.74 Å². The van der Waals surface area contributed by atoms with Crippen molar-refractivity contribution in [3.8, 4) is 0 Å². The standard InChI is InChI=1S/C13H19NOS/c1-2-15-13-11-3-4-12(13)14(8-11)7-10-5-6-16-9-10/h5-6,9,11-13H,2-4,7-8H2,1H3. The van der Waals surface area contributed by atoms with Gasteiger partial charge in [-0.3, -0.25) is 4.90 Å². The lowest BCUT2D eigenvalue weighted by molar-refractivity contribution is 0.0350. The zero-order valence-corrected chi connectivity index (χ0v) is 10.6. The minimum atomic E-state index is 0.517. The summed E-state index contributed by atoms with van der Waals surface area (Å²) in [4.78, 5) is 2.62. The Morgan fingerprint density at radius 3 is 3.19 bits per heavy atom. The average molecular weight is 237 g/mol. The van der Waals surface area contributed by atoms with Crippen LogP contribution in [-0.4, -0.2) is 30.2 Å². The maximum Gasteiger partial charge on any atom is 0.0770 e. The summed E-state index contributed by atoms with van der Waals surface area (Å²) in [6.07, 6.45) is 3.22. The molecule has 2 fully saturated rings. The van der Waals surface area contributed by atoms with E-state index in [1.807, 2.05) is 0 Å². The molecule has 2 aliphatic rings. The summed E-state index contributed by atoms with van der Waals surface area (Å²) in [5, 5.41) is 4.44. The number of ether oxygens (including phenoxy) is 1. The fourth-order valence-corrected chi connectivity index (χ4v) is 3.95. The van der Waals surface area contributed by atoms with Gasteiger partial charge in [0.25, 0.3) is 0 Å². The van der Waals surface area contributed by atoms with E-state index in [0.29, 0.717) is 12.1 Å². The van der Waals surface area contributed by atoms with Crippen LogP contribution in [-0.2, 0) is 11.3 Å². The Labute approximate surface area is 101 Å². The third-order valence-electron chi connectivity index (χ3n) is 3.94. The van der Waals surface area contributed by atoms with E-state index in [9.17, 15) is 0 Å². The molecule has 3 atom stereocenters. The van der Waals surface area contributed by atoms with Gasteiger partial charge in [-0.2, -0.15) is 11.3 Å². The molecule has 1 aliphatic carbocycles. The smallest absolute Gasteiger partial charge is 0.0770 e. The highest BCUT2D eigenvalue weighted by Crippen LogP contribution is 2.40. The minimum absolute atomic E-state index is 0.517. The first kappa shape index (κ1) is 10.8. The van der Waals surface area contributed by atoms with Crippen LogP contribution in [0, 0.1) is 5.92 Å². The summed E-state index contributed by atoms with van der Waals surface area (Å²) in [7, 11) is 0. The molecule has 2 bridgehead atoms. The Bertz CT molecular complexity index is 338. The highest BCUT2D eigenvalue weighted by molar-refractivity contribution is 7.07. The zero-order chi connectivity index (χ0) is 11.0. The van der Waals surface area contributed by atoms with Crippen molar-refractivity contribution in [2.75, 3.05) is 13.2 Å². The summed E-state index contributed by atoms with van der Waals surface area (Å²) < 4.78 is 5.90. The van der Waals surface area contributed by atoms with Crippen molar-refractivity contribution in [2.45, 2.75) is 38.5 Å². The number of hydrogen-bond acceptors (Lipinski definition) is 3. The van der Waals surface area contributed by atoms with Crippen LogP contribution in [0.3, 0.4) is 0 Å². The van der Waals surface area contributed by atoms with Crippen LogP contribution in [0.15, 0.2) is 16.8 Å². The van der Waals surface area contributed by atoms with E-state index in [0.717, 1.165) is 19.1 Å². The largest absolute Gasteiger partial charge is 0.377 e. The zero-order valence-electron chi connectivity index (χ0n) is 9.76. The molecule has 0 radical (unpaired) electrons. The molecule has 2 nitrogen and oxygen atoms in total. The normalized spacial score (nSPS) is 33.7. The Balaban J connectivity index is 1.66. The Morgan fingerprint density at radius 2 is 2.44 bits per heavy atom. The van der Waals surface area contributed by atoms with E-state index in [2.05, 4.69) is 28.7 Å².